The molecule has 0 aliphatic carbocycles. The molecule has 1 aromatic carbocycles. The number of phenols is 2. The number of aromatic hydroxyl groups is 2. The minimum absolute atomic E-state index is 0.0907. The Morgan fingerprint density at radius 1 is 1.19 bits per heavy atom. The van der Waals surface area contributed by atoms with Crippen LogP contribution in [0, 0.1) is 0 Å². The molecule has 0 saturated carbocycles. The molecule has 1 aromatic rings. The Balaban J connectivity index is 2.26. The molecule has 0 aliphatic heterocycles. The van der Waals surface area contributed by atoms with Gasteiger partial charge in [0.25, 0.3) is 0 Å². The number of carbonyl (C=O) groups is 3. The largest absolute Gasteiger partial charge is 0.504 e. The van der Waals surface area contributed by atoms with E-state index in [0.717, 1.165) is 0 Å². The number of hydrogen-bond acceptors (Lipinski definition) is 8. The number of benzene rings is 1. The molecule has 26 heavy (non-hydrogen) atoms. The molecule has 0 aliphatic rings. The van der Waals surface area contributed by atoms with Gasteiger partial charge < -0.3 is 35.8 Å². The van der Waals surface area contributed by atoms with Gasteiger partial charge in [-0.3, -0.25) is 9.59 Å². The van der Waals surface area contributed by atoms with Gasteiger partial charge in [0.15, 0.2) is 11.5 Å². The molecular weight excluding hydrogens is 348 g/mol. The normalized spacial score (nSPS) is 12.7. The number of carboxylic acids is 1. The fraction of sp³-hybridized carbons (Fsp3) is 0.438. The summed E-state index contributed by atoms with van der Waals surface area (Å²) in [6, 6.07) is 3.13. The van der Waals surface area contributed by atoms with Crippen LogP contribution in [0.25, 0.3) is 0 Å². The number of nitrogens with one attached hydrogen (secondary N) is 1. The quantitative estimate of drug-likeness (QED) is 0.235. The highest BCUT2D eigenvalue weighted by Crippen LogP contribution is 2.24. The summed E-state index contributed by atoms with van der Waals surface area (Å²) in [4.78, 5) is 33.6. The maximum absolute atomic E-state index is 11.6. The Hall–Kier alpha value is -3.01. The molecule has 1 unspecified atom stereocenters. The van der Waals surface area contributed by atoms with Crippen LogP contribution >= 0.6 is 0 Å². The van der Waals surface area contributed by atoms with Crippen molar-refractivity contribution < 1.29 is 39.2 Å². The van der Waals surface area contributed by atoms with Gasteiger partial charge in [0.2, 0.25) is 6.29 Å². The maximum Gasteiger partial charge on any atom is 0.410 e. The summed E-state index contributed by atoms with van der Waals surface area (Å²) in [6.45, 7) is 1.53. The number of ether oxygens (including phenoxy) is 2. The summed E-state index contributed by atoms with van der Waals surface area (Å²) in [7, 11) is 0. The SMILES string of the molecule is CC(OC(=O)CC[C@@H](N)C(=O)O)OC(=O)NCCc1ccc(O)c(O)c1. The number of hydrogen-bond donors (Lipinski definition) is 5. The van der Waals surface area contributed by atoms with Crippen molar-refractivity contribution in [3.8, 4) is 11.5 Å². The summed E-state index contributed by atoms with van der Waals surface area (Å²) in [5.41, 5.74) is 5.95. The van der Waals surface area contributed by atoms with Gasteiger partial charge in [-0.1, -0.05) is 6.07 Å². The molecule has 10 nitrogen and oxygen atoms in total. The van der Waals surface area contributed by atoms with Crippen molar-refractivity contribution in [2.24, 2.45) is 5.73 Å². The van der Waals surface area contributed by atoms with Gasteiger partial charge in [-0.2, -0.15) is 0 Å². The van der Waals surface area contributed by atoms with E-state index in [0.29, 0.717) is 12.0 Å². The predicted molar refractivity (Wildman–Crippen MR) is 88.4 cm³/mol. The van der Waals surface area contributed by atoms with Crippen molar-refractivity contribution in [2.45, 2.75) is 38.5 Å². The van der Waals surface area contributed by atoms with Crippen LogP contribution in [-0.4, -0.2) is 52.2 Å². The fourth-order valence-electron chi connectivity index (χ4n) is 1.89. The lowest BCUT2D eigenvalue weighted by atomic mass is 10.1. The lowest BCUT2D eigenvalue weighted by Crippen LogP contribution is -2.33. The van der Waals surface area contributed by atoms with Crippen LogP contribution in [0.1, 0.15) is 25.3 Å². The third-order valence-corrected chi connectivity index (χ3v) is 3.27. The Morgan fingerprint density at radius 3 is 2.50 bits per heavy atom. The zero-order valence-electron chi connectivity index (χ0n) is 14.2. The summed E-state index contributed by atoms with van der Waals surface area (Å²) in [6.07, 6.45) is -1.89. The molecule has 0 heterocycles. The highest BCUT2D eigenvalue weighted by molar-refractivity contribution is 5.75. The molecule has 144 valence electrons. The molecule has 10 heteroatoms. The fourth-order valence-corrected chi connectivity index (χ4v) is 1.89. The van der Waals surface area contributed by atoms with E-state index in [-0.39, 0.29) is 30.9 Å². The number of phenolic OH excluding ortho intramolecular Hbond substituents is 2. The van der Waals surface area contributed by atoms with Crippen LogP contribution in [0.15, 0.2) is 18.2 Å². The van der Waals surface area contributed by atoms with E-state index in [1.54, 1.807) is 6.07 Å². The molecular formula is C16H22N2O8. The van der Waals surface area contributed by atoms with Gasteiger partial charge in [0, 0.05) is 19.9 Å². The Kier molecular flexibility index (Phi) is 8.16. The minimum atomic E-state index is -1.22. The second-order valence-corrected chi connectivity index (χ2v) is 5.45. The molecule has 0 bridgehead atoms. The lowest BCUT2D eigenvalue weighted by Gasteiger charge is -2.15. The molecule has 0 aromatic heterocycles. The highest BCUT2D eigenvalue weighted by Gasteiger charge is 2.17. The van der Waals surface area contributed by atoms with E-state index in [9.17, 15) is 24.6 Å². The molecule has 0 fully saturated rings. The Morgan fingerprint density at radius 2 is 1.88 bits per heavy atom. The van der Waals surface area contributed by atoms with E-state index in [1.165, 1.54) is 19.1 Å². The molecule has 0 spiro atoms. The van der Waals surface area contributed by atoms with Crippen molar-refractivity contribution in [3.05, 3.63) is 23.8 Å². The van der Waals surface area contributed by atoms with E-state index in [1.807, 2.05) is 0 Å². The van der Waals surface area contributed by atoms with Gasteiger partial charge in [-0.15, -0.1) is 0 Å². The van der Waals surface area contributed by atoms with Gasteiger partial charge in [-0.05, 0) is 30.5 Å². The molecule has 2 atom stereocenters. The first kappa shape index (κ1) is 21.0. The molecule has 0 saturated heterocycles. The maximum atomic E-state index is 11.6. The summed E-state index contributed by atoms with van der Waals surface area (Å²) >= 11 is 0. The van der Waals surface area contributed by atoms with Crippen LogP contribution in [0.4, 0.5) is 4.79 Å². The predicted octanol–water partition coefficient (Wildman–Crippen LogP) is 0.448. The molecule has 0 radical (unpaired) electrons. The van der Waals surface area contributed by atoms with E-state index in [2.05, 4.69) is 5.32 Å². The third-order valence-electron chi connectivity index (χ3n) is 3.27. The Bertz CT molecular complexity index is 649. The average molecular weight is 370 g/mol. The lowest BCUT2D eigenvalue weighted by molar-refractivity contribution is -0.165. The molecule has 1 amide bonds. The number of rotatable bonds is 9. The summed E-state index contributed by atoms with van der Waals surface area (Å²) in [5.74, 6) is -2.45. The van der Waals surface area contributed by atoms with Crippen LogP contribution in [-0.2, 0) is 25.5 Å². The molecule has 1 rings (SSSR count). The first-order valence-electron chi connectivity index (χ1n) is 7.82. The minimum Gasteiger partial charge on any atom is -0.504 e. The number of carboxylic acid groups (broad SMARTS) is 1. The summed E-state index contributed by atoms with van der Waals surface area (Å²) < 4.78 is 9.64. The number of carbonyl (C=O) groups excluding carboxylic acids is 2. The van der Waals surface area contributed by atoms with Gasteiger partial charge in [0.05, 0.1) is 0 Å². The zero-order chi connectivity index (χ0) is 19.7. The standard InChI is InChI=1S/C16H22N2O8/c1-9(25-14(21)5-3-11(17)15(22)23)26-16(24)18-7-6-10-2-4-12(19)13(20)8-10/h2,4,8-9,11,19-20H,3,5-7,17H2,1H3,(H,18,24)(H,22,23)/t9?,11-/m1/s1. The van der Waals surface area contributed by atoms with Gasteiger partial charge >= 0.3 is 18.0 Å². The van der Waals surface area contributed by atoms with Crippen molar-refractivity contribution in [2.75, 3.05) is 6.54 Å². The van der Waals surface area contributed by atoms with Crippen molar-refractivity contribution in [1.29, 1.82) is 0 Å². The van der Waals surface area contributed by atoms with Crippen LogP contribution in [0.5, 0.6) is 11.5 Å². The van der Waals surface area contributed by atoms with Crippen LogP contribution < -0.4 is 11.1 Å². The second-order valence-electron chi connectivity index (χ2n) is 5.45. The summed E-state index contributed by atoms with van der Waals surface area (Å²) in [5, 5.41) is 29.6. The third kappa shape index (κ3) is 7.71. The highest BCUT2D eigenvalue weighted by atomic mass is 16.7. The number of amides is 1. The first-order chi connectivity index (χ1) is 12.2. The number of alkyl carbamates (subject to hydrolysis) is 1. The average Bonchev–Trinajstić information content (AvgIpc) is 2.55. The van der Waals surface area contributed by atoms with Crippen molar-refractivity contribution in [3.63, 3.8) is 0 Å². The topological polar surface area (TPSA) is 168 Å². The van der Waals surface area contributed by atoms with Crippen LogP contribution in [0.3, 0.4) is 0 Å². The number of aliphatic carboxylic acids is 1. The Labute approximate surface area is 149 Å². The van der Waals surface area contributed by atoms with Crippen LogP contribution in [0.2, 0.25) is 0 Å². The second kappa shape index (κ2) is 10.1. The van der Waals surface area contributed by atoms with Crippen molar-refractivity contribution in [1.82, 2.24) is 5.32 Å². The zero-order valence-corrected chi connectivity index (χ0v) is 14.2. The monoisotopic (exact) mass is 370 g/mol. The van der Waals surface area contributed by atoms with E-state index >= 15 is 0 Å². The van der Waals surface area contributed by atoms with E-state index < -0.39 is 30.4 Å². The number of nitrogens with two attached hydrogens (primary N) is 1. The van der Waals surface area contributed by atoms with Gasteiger partial charge in [0.1, 0.15) is 6.04 Å². The number of esters is 1. The smallest absolute Gasteiger partial charge is 0.410 e. The van der Waals surface area contributed by atoms with E-state index in [4.69, 9.17) is 20.3 Å². The molecule has 6 N–H and O–H groups in total. The van der Waals surface area contributed by atoms with Gasteiger partial charge in [-0.25, -0.2) is 4.79 Å². The first-order valence-corrected chi connectivity index (χ1v) is 7.82. The van der Waals surface area contributed by atoms with Crippen molar-refractivity contribution >= 4 is 18.0 Å².